The summed E-state index contributed by atoms with van der Waals surface area (Å²) < 4.78 is 11.1. The molecule has 2 heterocycles. The summed E-state index contributed by atoms with van der Waals surface area (Å²) in [4.78, 5) is 44.6. The number of aliphatic carboxylic acids is 1. The molecule has 0 spiro atoms. The van der Waals surface area contributed by atoms with Crippen molar-refractivity contribution in [2.24, 2.45) is 0 Å². The molecule has 0 atom stereocenters. The second-order valence-corrected chi connectivity index (χ2v) is 7.93. The lowest BCUT2D eigenvalue weighted by Gasteiger charge is -2.29. The molecule has 0 saturated carbocycles. The van der Waals surface area contributed by atoms with E-state index in [0.717, 1.165) is 5.56 Å². The molecule has 10 heteroatoms. The van der Waals surface area contributed by atoms with Crippen molar-refractivity contribution in [1.29, 1.82) is 0 Å². The van der Waals surface area contributed by atoms with Crippen molar-refractivity contribution >= 4 is 23.7 Å². The Kier molecular flexibility index (Phi) is 6.38. The first-order chi connectivity index (χ1) is 14.6. The van der Waals surface area contributed by atoms with E-state index < -0.39 is 24.2 Å². The number of hydrogen-bond acceptors (Lipinski definition) is 7. The predicted octanol–water partition coefficient (Wildman–Crippen LogP) is 2.66. The van der Waals surface area contributed by atoms with Gasteiger partial charge in [0.05, 0.1) is 17.9 Å². The maximum absolute atomic E-state index is 12.2. The molecule has 1 aromatic heterocycles. The summed E-state index contributed by atoms with van der Waals surface area (Å²) in [5.41, 5.74) is 1.16. The first-order valence-corrected chi connectivity index (χ1v) is 9.72. The van der Waals surface area contributed by atoms with Gasteiger partial charge in [-0.25, -0.2) is 14.8 Å². The van der Waals surface area contributed by atoms with E-state index in [0.29, 0.717) is 23.6 Å². The number of rotatable bonds is 6. The first-order valence-electron chi connectivity index (χ1n) is 9.72. The molecule has 164 valence electrons. The van der Waals surface area contributed by atoms with Gasteiger partial charge >= 0.3 is 12.1 Å². The van der Waals surface area contributed by atoms with Crippen LogP contribution in [0, 0.1) is 0 Å². The molecule has 31 heavy (non-hydrogen) atoms. The zero-order chi connectivity index (χ0) is 22.6. The second-order valence-electron chi connectivity index (χ2n) is 7.93. The number of anilines is 1. The monoisotopic (exact) mass is 428 g/mol. The summed E-state index contributed by atoms with van der Waals surface area (Å²) in [5.74, 6) is -0.605. The Labute approximate surface area is 179 Å². The minimum absolute atomic E-state index is 0.127. The fourth-order valence-electron chi connectivity index (χ4n) is 3.08. The molecule has 0 unspecified atom stereocenters. The summed E-state index contributed by atoms with van der Waals surface area (Å²) in [6.45, 7) is 5.03. The van der Waals surface area contributed by atoms with Gasteiger partial charge < -0.3 is 24.8 Å². The van der Waals surface area contributed by atoms with Crippen molar-refractivity contribution in [1.82, 2.24) is 15.3 Å². The van der Waals surface area contributed by atoms with Gasteiger partial charge in [0.2, 0.25) is 11.8 Å². The van der Waals surface area contributed by atoms with Crippen molar-refractivity contribution in [3.63, 3.8) is 0 Å². The smallest absolute Gasteiger partial charge is 0.407 e. The van der Waals surface area contributed by atoms with Crippen LogP contribution in [0.4, 0.5) is 10.5 Å². The molecule has 2 amide bonds. The molecule has 0 aliphatic carbocycles. The molecule has 0 radical (unpaired) electrons. The lowest BCUT2D eigenvalue weighted by molar-refractivity contribution is -0.136. The van der Waals surface area contributed by atoms with E-state index in [-0.39, 0.29) is 24.8 Å². The third kappa shape index (κ3) is 5.91. The topological polar surface area (TPSA) is 131 Å². The summed E-state index contributed by atoms with van der Waals surface area (Å²) in [7, 11) is 0. The van der Waals surface area contributed by atoms with Gasteiger partial charge in [-0.3, -0.25) is 9.59 Å². The van der Waals surface area contributed by atoms with Crippen LogP contribution in [0.5, 0.6) is 11.6 Å². The molecule has 1 aromatic carbocycles. The average Bonchev–Trinajstić information content (AvgIpc) is 2.68. The number of carbonyl (C=O) groups is 3. The van der Waals surface area contributed by atoms with Crippen LogP contribution in [0.15, 0.2) is 30.6 Å². The minimum atomic E-state index is -1.09. The Hall–Kier alpha value is -3.69. The highest BCUT2D eigenvalue weighted by atomic mass is 16.6. The van der Waals surface area contributed by atoms with E-state index in [2.05, 4.69) is 15.3 Å². The van der Waals surface area contributed by atoms with Gasteiger partial charge in [0.1, 0.15) is 24.2 Å². The van der Waals surface area contributed by atoms with E-state index in [1.165, 1.54) is 11.2 Å². The van der Waals surface area contributed by atoms with E-state index in [1.807, 2.05) is 0 Å². The number of carboxylic acids is 1. The number of fused-ring (bicyclic) bond motifs is 1. The van der Waals surface area contributed by atoms with Crippen LogP contribution in [0.25, 0.3) is 0 Å². The van der Waals surface area contributed by atoms with Crippen molar-refractivity contribution in [3.05, 3.63) is 41.9 Å². The number of alkyl carbamates (subject to hydrolysis) is 1. The van der Waals surface area contributed by atoms with Crippen molar-refractivity contribution in [2.75, 3.05) is 11.4 Å². The zero-order valence-electron chi connectivity index (χ0n) is 17.5. The number of benzene rings is 1. The lowest BCUT2D eigenvalue weighted by atomic mass is 10.00. The minimum Gasteiger partial charge on any atom is -0.480 e. The van der Waals surface area contributed by atoms with Gasteiger partial charge in [0, 0.05) is 18.1 Å². The van der Waals surface area contributed by atoms with E-state index in [9.17, 15) is 14.4 Å². The lowest BCUT2D eigenvalue weighted by Crippen LogP contribution is -2.39. The van der Waals surface area contributed by atoms with Gasteiger partial charge in [-0.05, 0) is 39.3 Å². The van der Waals surface area contributed by atoms with Crippen LogP contribution < -0.4 is 15.0 Å². The SMILES string of the molecule is CC(C)(C)OC(=O)NCc1cc(Oc2cccc3c2CCC(=O)N3CC(=O)O)ncn1. The highest BCUT2D eigenvalue weighted by molar-refractivity contribution is 6.00. The number of hydrogen-bond donors (Lipinski definition) is 2. The second kappa shape index (κ2) is 8.99. The molecule has 10 nitrogen and oxygen atoms in total. The van der Waals surface area contributed by atoms with Crippen LogP contribution >= 0.6 is 0 Å². The molecule has 1 aliphatic rings. The molecular formula is C21H24N4O6. The Balaban J connectivity index is 1.74. The van der Waals surface area contributed by atoms with Crippen molar-refractivity contribution in [3.8, 4) is 11.6 Å². The highest BCUT2D eigenvalue weighted by Gasteiger charge is 2.28. The maximum Gasteiger partial charge on any atom is 0.407 e. The third-order valence-electron chi connectivity index (χ3n) is 4.31. The Morgan fingerprint density at radius 3 is 2.71 bits per heavy atom. The number of carbonyl (C=O) groups excluding carboxylic acids is 2. The zero-order valence-corrected chi connectivity index (χ0v) is 17.5. The molecule has 0 saturated heterocycles. The van der Waals surface area contributed by atoms with E-state index in [1.54, 1.807) is 45.0 Å². The van der Waals surface area contributed by atoms with Gasteiger partial charge in [-0.15, -0.1) is 0 Å². The molecular weight excluding hydrogens is 404 g/mol. The molecule has 0 bridgehead atoms. The quantitative estimate of drug-likeness (QED) is 0.718. The summed E-state index contributed by atoms with van der Waals surface area (Å²) in [5, 5.41) is 11.7. The van der Waals surface area contributed by atoms with Crippen molar-refractivity contribution in [2.45, 2.75) is 45.8 Å². The summed E-state index contributed by atoms with van der Waals surface area (Å²) in [6.07, 6.45) is 1.37. The largest absolute Gasteiger partial charge is 0.480 e. The van der Waals surface area contributed by atoms with Crippen LogP contribution in [0.2, 0.25) is 0 Å². The summed E-state index contributed by atoms with van der Waals surface area (Å²) in [6, 6.07) is 6.69. The highest BCUT2D eigenvalue weighted by Crippen LogP contribution is 2.36. The van der Waals surface area contributed by atoms with Gasteiger partial charge in [0.15, 0.2) is 0 Å². The fourth-order valence-corrected chi connectivity index (χ4v) is 3.08. The predicted molar refractivity (Wildman–Crippen MR) is 110 cm³/mol. The normalized spacial score (nSPS) is 13.4. The number of carboxylic acid groups (broad SMARTS) is 1. The van der Waals surface area contributed by atoms with Crippen LogP contribution in [-0.4, -0.2) is 45.2 Å². The standard InChI is InChI=1S/C21H24N4O6/c1-21(2,3)31-20(29)22-10-13-9-17(24-12-23-13)30-16-6-4-5-15-14(16)7-8-18(26)25(15)11-19(27)28/h4-6,9,12H,7-8,10-11H2,1-3H3,(H,22,29)(H,27,28). The van der Waals surface area contributed by atoms with E-state index >= 15 is 0 Å². The third-order valence-corrected chi connectivity index (χ3v) is 4.31. The maximum atomic E-state index is 12.2. The number of ether oxygens (including phenoxy) is 2. The molecule has 0 fully saturated rings. The van der Waals surface area contributed by atoms with E-state index in [4.69, 9.17) is 14.6 Å². The number of aromatic nitrogens is 2. The van der Waals surface area contributed by atoms with Gasteiger partial charge in [-0.1, -0.05) is 6.07 Å². The first kappa shape index (κ1) is 22.0. The van der Waals surface area contributed by atoms with Crippen LogP contribution in [-0.2, 0) is 27.3 Å². The molecule has 3 rings (SSSR count). The fraction of sp³-hybridized carbons (Fsp3) is 0.381. The molecule has 1 aliphatic heterocycles. The van der Waals surface area contributed by atoms with Crippen molar-refractivity contribution < 1.29 is 29.0 Å². The Bertz CT molecular complexity index is 1000. The van der Waals surface area contributed by atoms with Crippen LogP contribution in [0.3, 0.4) is 0 Å². The Morgan fingerprint density at radius 2 is 2.00 bits per heavy atom. The molecule has 2 N–H and O–H groups in total. The Morgan fingerprint density at radius 1 is 1.23 bits per heavy atom. The van der Waals surface area contributed by atoms with Crippen LogP contribution in [0.1, 0.15) is 38.4 Å². The average molecular weight is 428 g/mol. The number of nitrogens with zero attached hydrogens (tertiary/aromatic N) is 3. The summed E-state index contributed by atoms with van der Waals surface area (Å²) >= 11 is 0. The number of nitrogens with one attached hydrogen (secondary N) is 1. The van der Waals surface area contributed by atoms with Gasteiger partial charge in [-0.2, -0.15) is 0 Å². The van der Waals surface area contributed by atoms with Gasteiger partial charge in [0.25, 0.3) is 0 Å². The number of amides is 2. The molecule has 2 aromatic rings.